The van der Waals surface area contributed by atoms with Crippen molar-refractivity contribution in [2.75, 3.05) is 6.54 Å². The minimum atomic E-state index is -1.75. The van der Waals surface area contributed by atoms with Gasteiger partial charge in [0.15, 0.2) is 8.32 Å². The summed E-state index contributed by atoms with van der Waals surface area (Å²) in [5.41, 5.74) is 0.848. The van der Waals surface area contributed by atoms with Crippen LogP contribution in [0.5, 0.6) is 5.75 Å². The number of hydrogen-bond donors (Lipinski definition) is 0. The second kappa shape index (κ2) is 10.5. The highest BCUT2D eigenvalue weighted by atomic mass is 35.5. The molecule has 4 nitrogen and oxygen atoms in total. The van der Waals surface area contributed by atoms with Gasteiger partial charge in [0.05, 0.1) is 6.10 Å². The lowest BCUT2D eigenvalue weighted by Crippen LogP contribution is -2.47. The standard InChI is InChI=1S/C26H41Cl2NO3Si/c1-17(2)31-21-15-23(27)22(24(28)16-21)14-18-12-13-29(25(18)30)19-8-10-20(11-9-19)32-33(6,7)26(3,4)5/h15-20H,8-14H2,1-7H3. The molecule has 1 saturated heterocycles. The van der Waals surface area contributed by atoms with Crippen molar-refractivity contribution in [2.45, 2.75) is 110 Å². The number of nitrogens with zero attached hydrogens (tertiary/aromatic N) is 1. The highest BCUT2D eigenvalue weighted by molar-refractivity contribution is 6.74. The summed E-state index contributed by atoms with van der Waals surface area (Å²) in [7, 11) is -1.75. The predicted molar refractivity (Wildman–Crippen MR) is 140 cm³/mol. The van der Waals surface area contributed by atoms with E-state index >= 15 is 0 Å². The third-order valence-corrected chi connectivity index (χ3v) is 12.8. The summed E-state index contributed by atoms with van der Waals surface area (Å²) < 4.78 is 12.4. The zero-order valence-electron chi connectivity index (χ0n) is 21.3. The number of amides is 1. The molecule has 1 heterocycles. The van der Waals surface area contributed by atoms with Gasteiger partial charge in [-0.05, 0) is 88.2 Å². The van der Waals surface area contributed by atoms with Crippen LogP contribution < -0.4 is 4.74 Å². The number of halogens is 2. The highest BCUT2D eigenvalue weighted by Crippen LogP contribution is 2.40. The number of hydrogen-bond acceptors (Lipinski definition) is 3. The zero-order valence-corrected chi connectivity index (χ0v) is 23.9. The molecule has 186 valence electrons. The van der Waals surface area contributed by atoms with Gasteiger partial charge in [-0.3, -0.25) is 4.79 Å². The van der Waals surface area contributed by atoms with Crippen molar-refractivity contribution in [1.29, 1.82) is 0 Å². The van der Waals surface area contributed by atoms with Crippen LogP contribution in [0.15, 0.2) is 12.1 Å². The van der Waals surface area contributed by atoms with Gasteiger partial charge in [-0.15, -0.1) is 0 Å². The van der Waals surface area contributed by atoms with E-state index in [4.69, 9.17) is 32.4 Å². The first kappa shape index (κ1) is 26.8. The summed E-state index contributed by atoms with van der Waals surface area (Å²) in [5, 5.41) is 1.38. The first-order chi connectivity index (χ1) is 15.3. The average Bonchev–Trinajstić information content (AvgIpc) is 3.04. The van der Waals surface area contributed by atoms with Crippen LogP contribution in [-0.4, -0.2) is 43.9 Å². The van der Waals surface area contributed by atoms with Crippen LogP contribution in [-0.2, 0) is 15.6 Å². The van der Waals surface area contributed by atoms with E-state index in [9.17, 15) is 4.79 Å². The van der Waals surface area contributed by atoms with E-state index in [0.29, 0.717) is 34.4 Å². The van der Waals surface area contributed by atoms with E-state index in [1.165, 1.54) is 0 Å². The monoisotopic (exact) mass is 513 g/mol. The zero-order chi connectivity index (χ0) is 24.6. The molecule has 1 saturated carbocycles. The maximum absolute atomic E-state index is 13.3. The van der Waals surface area contributed by atoms with Gasteiger partial charge in [0.2, 0.25) is 5.91 Å². The van der Waals surface area contributed by atoms with Gasteiger partial charge in [-0.1, -0.05) is 44.0 Å². The van der Waals surface area contributed by atoms with Crippen molar-refractivity contribution in [2.24, 2.45) is 5.92 Å². The summed E-state index contributed by atoms with van der Waals surface area (Å²) in [6.07, 6.45) is 5.96. The smallest absolute Gasteiger partial charge is 0.226 e. The van der Waals surface area contributed by atoms with E-state index in [2.05, 4.69) is 38.8 Å². The Morgan fingerprint density at radius 3 is 2.15 bits per heavy atom. The predicted octanol–water partition coefficient (Wildman–Crippen LogP) is 7.50. The SMILES string of the molecule is CC(C)Oc1cc(Cl)c(CC2CCN(C3CCC(O[Si](C)(C)C(C)(C)C)CC3)C2=O)c(Cl)c1. The van der Waals surface area contributed by atoms with Crippen molar-refractivity contribution in [3.63, 3.8) is 0 Å². The summed E-state index contributed by atoms with van der Waals surface area (Å²) >= 11 is 13.1. The molecular formula is C26H41Cl2NO3Si. The van der Waals surface area contributed by atoms with Gasteiger partial charge in [0, 0.05) is 34.7 Å². The Morgan fingerprint density at radius 2 is 1.64 bits per heavy atom. The Morgan fingerprint density at radius 1 is 1.06 bits per heavy atom. The van der Waals surface area contributed by atoms with Gasteiger partial charge in [-0.2, -0.15) is 0 Å². The molecule has 1 atom stereocenters. The van der Waals surface area contributed by atoms with Gasteiger partial charge in [0.25, 0.3) is 0 Å². The Balaban J connectivity index is 1.57. The van der Waals surface area contributed by atoms with Crippen molar-refractivity contribution < 1.29 is 14.0 Å². The molecular weight excluding hydrogens is 473 g/mol. The Hall–Kier alpha value is -0.753. The quantitative estimate of drug-likeness (QED) is 0.354. The fourth-order valence-corrected chi connectivity index (χ4v) is 6.79. The molecule has 2 fully saturated rings. The molecule has 1 amide bonds. The number of carbonyl (C=O) groups excluding carboxylic acids is 1. The van der Waals surface area contributed by atoms with Crippen LogP contribution in [0.1, 0.15) is 72.3 Å². The lowest BCUT2D eigenvalue weighted by Gasteiger charge is -2.42. The number of ether oxygens (including phenoxy) is 1. The third-order valence-electron chi connectivity index (χ3n) is 7.64. The van der Waals surface area contributed by atoms with E-state index < -0.39 is 8.32 Å². The molecule has 0 N–H and O–H groups in total. The van der Waals surface area contributed by atoms with Crippen molar-refractivity contribution >= 4 is 37.4 Å². The van der Waals surface area contributed by atoms with Crippen molar-refractivity contribution in [3.05, 3.63) is 27.7 Å². The third kappa shape index (κ3) is 6.48. The normalized spacial score (nSPS) is 24.6. The summed E-state index contributed by atoms with van der Waals surface area (Å²) in [6, 6.07) is 3.95. The van der Waals surface area contributed by atoms with E-state index in [1.807, 2.05) is 26.0 Å². The van der Waals surface area contributed by atoms with E-state index in [-0.39, 0.29) is 23.0 Å². The Bertz CT molecular complexity index is 821. The molecule has 0 spiro atoms. The molecule has 0 aromatic heterocycles. The fourth-order valence-electron chi connectivity index (χ4n) is 4.74. The van der Waals surface area contributed by atoms with E-state index in [0.717, 1.165) is 44.2 Å². The van der Waals surface area contributed by atoms with Crippen molar-refractivity contribution in [1.82, 2.24) is 4.90 Å². The largest absolute Gasteiger partial charge is 0.491 e. The maximum atomic E-state index is 13.3. The van der Waals surface area contributed by atoms with Crippen LogP contribution in [0.2, 0.25) is 28.2 Å². The van der Waals surface area contributed by atoms with Gasteiger partial charge in [0.1, 0.15) is 5.75 Å². The first-order valence-electron chi connectivity index (χ1n) is 12.4. The molecule has 1 aromatic rings. The summed E-state index contributed by atoms with van der Waals surface area (Å²) in [5.74, 6) is 0.858. The number of rotatable bonds is 7. The van der Waals surface area contributed by atoms with Crippen LogP contribution in [0.4, 0.5) is 0 Å². The van der Waals surface area contributed by atoms with Crippen molar-refractivity contribution in [3.8, 4) is 5.75 Å². The van der Waals surface area contributed by atoms with Gasteiger partial charge < -0.3 is 14.1 Å². The molecule has 2 aliphatic rings. The highest BCUT2D eigenvalue weighted by Gasteiger charge is 2.42. The van der Waals surface area contributed by atoms with Crippen LogP contribution >= 0.6 is 23.2 Å². The molecule has 3 rings (SSSR count). The molecule has 33 heavy (non-hydrogen) atoms. The molecule has 0 radical (unpaired) electrons. The lowest BCUT2D eigenvalue weighted by atomic mass is 9.92. The minimum Gasteiger partial charge on any atom is -0.491 e. The molecule has 7 heteroatoms. The van der Waals surface area contributed by atoms with Gasteiger partial charge >= 0.3 is 0 Å². The Labute approximate surface area is 211 Å². The lowest BCUT2D eigenvalue weighted by molar-refractivity contribution is -0.133. The van der Waals surface area contributed by atoms with E-state index in [1.54, 1.807) is 0 Å². The second-order valence-corrected chi connectivity index (χ2v) is 17.1. The molecule has 1 unspecified atom stereocenters. The number of benzene rings is 1. The molecule has 1 aromatic carbocycles. The first-order valence-corrected chi connectivity index (χ1v) is 16.1. The summed E-state index contributed by atoms with van der Waals surface area (Å²) in [6.45, 7) is 16.3. The number of likely N-dealkylation sites (tertiary alicyclic amines) is 1. The maximum Gasteiger partial charge on any atom is 0.226 e. The molecule has 1 aliphatic carbocycles. The topological polar surface area (TPSA) is 38.8 Å². The average molecular weight is 515 g/mol. The minimum absolute atomic E-state index is 0.0512. The molecule has 1 aliphatic heterocycles. The summed E-state index contributed by atoms with van der Waals surface area (Å²) in [4.78, 5) is 15.4. The van der Waals surface area contributed by atoms with Gasteiger partial charge in [-0.25, -0.2) is 0 Å². The number of carbonyl (C=O) groups is 1. The van der Waals surface area contributed by atoms with Crippen LogP contribution in [0, 0.1) is 5.92 Å². The van der Waals surface area contributed by atoms with Crippen LogP contribution in [0.25, 0.3) is 0 Å². The Kier molecular flexibility index (Phi) is 8.52. The van der Waals surface area contributed by atoms with Crippen LogP contribution in [0.3, 0.4) is 0 Å². The molecule has 0 bridgehead atoms. The fraction of sp³-hybridized carbons (Fsp3) is 0.731. The second-order valence-electron chi connectivity index (χ2n) is 11.6.